The summed E-state index contributed by atoms with van der Waals surface area (Å²) in [4.78, 5) is 27.7. The summed E-state index contributed by atoms with van der Waals surface area (Å²) < 4.78 is 0.823. The average molecular weight is 395 g/mol. The average Bonchev–Trinajstić information content (AvgIpc) is 2.56. The lowest BCUT2D eigenvalue weighted by molar-refractivity contribution is -0.149. The first-order valence-corrected chi connectivity index (χ1v) is 9.45. The summed E-state index contributed by atoms with van der Waals surface area (Å²) in [6.07, 6.45) is 4.14. The molecular weight excluding hydrogens is 368 g/mol. The summed E-state index contributed by atoms with van der Waals surface area (Å²) in [6.45, 7) is 8.28. The van der Waals surface area contributed by atoms with Gasteiger partial charge in [0.15, 0.2) is 0 Å². The van der Waals surface area contributed by atoms with Gasteiger partial charge in [0.1, 0.15) is 5.41 Å². The topological polar surface area (TPSA) is 49.4 Å². The van der Waals surface area contributed by atoms with Crippen molar-refractivity contribution >= 4 is 33.4 Å². The van der Waals surface area contributed by atoms with Gasteiger partial charge in [-0.1, -0.05) is 13.0 Å². The van der Waals surface area contributed by atoms with E-state index >= 15 is 0 Å². The molecule has 1 aliphatic heterocycles. The molecule has 0 aliphatic carbocycles. The van der Waals surface area contributed by atoms with Gasteiger partial charge in [0.2, 0.25) is 11.8 Å². The molecule has 0 bridgehead atoms. The van der Waals surface area contributed by atoms with Gasteiger partial charge in [-0.25, -0.2) is 0 Å². The van der Waals surface area contributed by atoms with Crippen LogP contribution in [0.1, 0.15) is 52.0 Å². The molecule has 0 saturated carbocycles. The van der Waals surface area contributed by atoms with Crippen molar-refractivity contribution in [1.82, 2.24) is 4.90 Å². The van der Waals surface area contributed by atoms with Crippen molar-refractivity contribution in [3.8, 4) is 0 Å². The number of anilines is 1. The van der Waals surface area contributed by atoms with Gasteiger partial charge in [-0.15, -0.1) is 0 Å². The Bertz CT molecular complexity index is 628. The van der Waals surface area contributed by atoms with Crippen LogP contribution < -0.4 is 5.32 Å². The Labute approximate surface area is 153 Å². The molecule has 1 heterocycles. The van der Waals surface area contributed by atoms with Crippen molar-refractivity contribution in [2.75, 3.05) is 11.9 Å². The summed E-state index contributed by atoms with van der Waals surface area (Å²) in [6, 6.07) is 5.99. The minimum absolute atomic E-state index is 0.0743. The van der Waals surface area contributed by atoms with Crippen LogP contribution >= 0.6 is 15.9 Å². The molecule has 132 valence electrons. The number of carbonyl (C=O) groups excluding carboxylic acids is 2. The molecule has 2 rings (SSSR count). The van der Waals surface area contributed by atoms with Crippen LogP contribution in [0.3, 0.4) is 0 Å². The second-order valence-electron chi connectivity index (χ2n) is 7.12. The highest BCUT2D eigenvalue weighted by Gasteiger charge is 2.41. The van der Waals surface area contributed by atoms with E-state index in [2.05, 4.69) is 28.2 Å². The molecule has 1 saturated heterocycles. The quantitative estimate of drug-likeness (QED) is 0.763. The van der Waals surface area contributed by atoms with Crippen molar-refractivity contribution < 1.29 is 9.59 Å². The summed E-state index contributed by atoms with van der Waals surface area (Å²) in [5, 5.41) is 2.90. The van der Waals surface area contributed by atoms with E-state index in [-0.39, 0.29) is 17.9 Å². The minimum atomic E-state index is -1.09. The molecular formula is C19H27BrN2O2. The van der Waals surface area contributed by atoms with Crippen molar-refractivity contribution in [3.05, 3.63) is 28.2 Å². The second kappa shape index (κ2) is 7.68. The van der Waals surface area contributed by atoms with Crippen LogP contribution in [0.2, 0.25) is 0 Å². The van der Waals surface area contributed by atoms with E-state index in [4.69, 9.17) is 0 Å². The molecule has 5 heteroatoms. The number of hydrogen-bond acceptors (Lipinski definition) is 2. The molecule has 1 fully saturated rings. The number of aryl methyl sites for hydroxylation is 1. The summed E-state index contributed by atoms with van der Waals surface area (Å²) in [5.74, 6) is -0.340. The van der Waals surface area contributed by atoms with Gasteiger partial charge >= 0.3 is 0 Å². The number of halogens is 1. The zero-order valence-corrected chi connectivity index (χ0v) is 16.6. The Kier molecular flexibility index (Phi) is 6.07. The lowest BCUT2D eigenvalue weighted by atomic mass is 9.87. The number of likely N-dealkylation sites (tertiary alicyclic amines) is 1. The van der Waals surface area contributed by atoms with Crippen LogP contribution in [-0.4, -0.2) is 29.3 Å². The van der Waals surface area contributed by atoms with Gasteiger partial charge < -0.3 is 10.2 Å². The van der Waals surface area contributed by atoms with E-state index in [0.29, 0.717) is 5.69 Å². The number of rotatable bonds is 4. The van der Waals surface area contributed by atoms with E-state index in [1.807, 2.05) is 30.0 Å². The zero-order valence-electron chi connectivity index (χ0n) is 15.0. The third-order valence-corrected chi connectivity index (χ3v) is 5.49. The lowest BCUT2D eigenvalue weighted by Gasteiger charge is -2.39. The maximum atomic E-state index is 13.0. The Hall–Kier alpha value is -1.36. The molecule has 1 unspecified atom stereocenters. The predicted octanol–water partition coefficient (Wildman–Crippen LogP) is 4.51. The van der Waals surface area contributed by atoms with E-state index in [1.165, 1.54) is 0 Å². The monoisotopic (exact) mass is 394 g/mol. The molecule has 1 aromatic rings. The molecule has 4 nitrogen and oxygen atoms in total. The van der Waals surface area contributed by atoms with Crippen molar-refractivity contribution in [1.29, 1.82) is 0 Å². The van der Waals surface area contributed by atoms with Gasteiger partial charge in [0.05, 0.1) is 5.69 Å². The lowest BCUT2D eigenvalue weighted by Crippen LogP contribution is -2.52. The summed E-state index contributed by atoms with van der Waals surface area (Å²) >= 11 is 3.47. The first-order valence-electron chi connectivity index (χ1n) is 8.66. The maximum absolute atomic E-state index is 13.0. The zero-order chi connectivity index (χ0) is 17.9. The van der Waals surface area contributed by atoms with Gasteiger partial charge in [0, 0.05) is 17.1 Å². The molecule has 1 aliphatic rings. The number of nitrogens with zero attached hydrogens (tertiary/aromatic N) is 1. The molecule has 1 aromatic carbocycles. The first kappa shape index (κ1) is 19.0. The Morgan fingerprint density at radius 3 is 2.67 bits per heavy atom. The van der Waals surface area contributed by atoms with Crippen LogP contribution in [0.15, 0.2) is 22.7 Å². The van der Waals surface area contributed by atoms with E-state index in [1.54, 1.807) is 13.8 Å². The normalized spacial score (nSPS) is 18.4. The Balaban J connectivity index is 2.15. The maximum Gasteiger partial charge on any atom is 0.239 e. The van der Waals surface area contributed by atoms with Crippen LogP contribution in [0.25, 0.3) is 0 Å². The Morgan fingerprint density at radius 1 is 1.33 bits per heavy atom. The highest BCUT2D eigenvalue weighted by atomic mass is 79.9. The smallest absolute Gasteiger partial charge is 0.239 e. The van der Waals surface area contributed by atoms with Crippen LogP contribution in [0.4, 0.5) is 5.69 Å². The van der Waals surface area contributed by atoms with Crippen LogP contribution in [-0.2, 0) is 9.59 Å². The highest BCUT2D eigenvalue weighted by molar-refractivity contribution is 9.10. The van der Waals surface area contributed by atoms with Gasteiger partial charge in [-0.05, 0) is 80.1 Å². The number of piperidine rings is 1. The van der Waals surface area contributed by atoms with Crippen molar-refractivity contribution in [2.45, 2.75) is 59.4 Å². The molecule has 24 heavy (non-hydrogen) atoms. The summed E-state index contributed by atoms with van der Waals surface area (Å²) in [5.41, 5.74) is 0.709. The number of benzene rings is 1. The SMILES string of the molecule is CCC1CCCCN1C(=O)C(C)(C)C(=O)Nc1ccc(C)cc1Br. The second-order valence-corrected chi connectivity index (χ2v) is 7.97. The minimum Gasteiger partial charge on any atom is -0.339 e. The fraction of sp³-hybridized carbons (Fsp3) is 0.579. The van der Waals surface area contributed by atoms with Crippen LogP contribution in [0.5, 0.6) is 0 Å². The Morgan fingerprint density at radius 2 is 2.04 bits per heavy atom. The molecule has 2 amide bonds. The molecule has 1 atom stereocenters. The standard InChI is InChI=1S/C19H27BrN2O2/c1-5-14-8-6-7-11-22(14)18(24)19(3,4)17(23)21-16-10-9-13(2)12-15(16)20/h9-10,12,14H,5-8,11H2,1-4H3,(H,21,23). The van der Waals surface area contributed by atoms with E-state index in [9.17, 15) is 9.59 Å². The predicted molar refractivity (Wildman–Crippen MR) is 101 cm³/mol. The number of amides is 2. The van der Waals surface area contributed by atoms with Gasteiger partial charge in [-0.3, -0.25) is 9.59 Å². The third-order valence-electron chi connectivity index (χ3n) is 4.83. The largest absolute Gasteiger partial charge is 0.339 e. The molecule has 0 radical (unpaired) electrons. The van der Waals surface area contributed by atoms with E-state index < -0.39 is 5.41 Å². The number of nitrogens with one attached hydrogen (secondary N) is 1. The number of carbonyl (C=O) groups is 2. The van der Waals surface area contributed by atoms with Crippen LogP contribution in [0, 0.1) is 12.3 Å². The fourth-order valence-electron chi connectivity index (χ4n) is 3.15. The first-order chi connectivity index (χ1) is 11.3. The van der Waals surface area contributed by atoms with Gasteiger partial charge in [0.25, 0.3) is 0 Å². The van der Waals surface area contributed by atoms with Crippen molar-refractivity contribution in [2.24, 2.45) is 5.41 Å². The molecule has 0 spiro atoms. The number of hydrogen-bond donors (Lipinski definition) is 1. The molecule has 1 N–H and O–H groups in total. The van der Waals surface area contributed by atoms with Gasteiger partial charge in [-0.2, -0.15) is 0 Å². The third kappa shape index (κ3) is 4.00. The summed E-state index contributed by atoms with van der Waals surface area (Å²) in [7, 11) is 0. The van der Waals surface area contributed by atoms with E-state index in [0.717, 1.165) is 42.3 Å². The van der Waals surface area contributed by atoms with Crippen molar-refractivity contribution in [3.63, 3.8) is 0 Å². The molecule has 0 aromatic heterocycles. The fourth-order valence-corrected chi connectivity index (χ4v) is 3.74. The highest BCUT2D eigenvalue weighted by Crippen LogP contribution is 2.30.